The van der Waals surface area contributed by atoms with Crippen molar-refractivity contribution in [2.75, 3.05) is 15.5 Å². The minimum atomic E-state index is -4.47. The molecule has 0 radical (unpaired) electrons. The van der Waals surface area contributed by atoms with E-state index in [1.54, 1.807) is 11.8 Å². The third-order valence-electron chi connectivity index (χ3n) is 2.31. The summed E-state index contributed by atoms with van der Waals surface area (Å²) in [5, 5.41) is 3.94. The van der Waals surface area contributed by atoms with Gasteiger partial charge in [0.25, 0.3) is 0 Å². The zero-order chi connectivity index (χ0) is 13.9. The maximum atomic E-state index is 12.8. The van der Waals surface area contributed by atoms with Gasteiger partial charge in [0.15, 0.2) is 0 Å². The number of halogens is 3. The summed E-state index contributed by atoms with van der Waals surface area (Å²) in [5.74, 6) is -0.382. The fraction of sp³-hybridized carbons (Fsp3) is 0.364. The van der Waals surface area contributed by atoms with Gasteiger partial charge in [0, 0.05) is 10.2 Å². The summed E-state index contributed by atoms with van der Waals surface area (Å²) in [6.45, 7) is 0. The molecule has 1 aromatic rings. The number of benzene rings is 1. The number of hydrogen-bond donors (Lipinski definition) is 1. The van der Waals surface area contributed by atoms with Crippen molar-refractivity contribution in [1.29, 1.82) is 0 Å². The van der Waals surface area contributed by atoms with Crippen molar-refractivity contribution in [3.8, 4) is 0 Å². The highest BCUT2D eigenvalue weighted by Crippen LogP contribution is 2.38. The second-order valence-corrected chi connectivity index (χ2v) is 7.84. The number of thioether (sulfide) groups is 3. The Labute approximate surface area is 121 Å². The maximum absolute atomic E-state index is 12.8. The Morgan fingerprint density at radius 2 is 1.84 bits per heavy atom. The summed E-state index contributed by atoms with van der Waals surface area (Å²) in [7, 11) is 0. The second-order valence-electron chi connectivity index (χ2n) is 3.64. The van der Waals surface area contributed by atoms with Gasteiger partial charge in [-0.15, -0.1) is 35.3 Å². The molecule has 1 saturated heterocycles. The highest BCUT2D eigenvalue weighted by atomic mass is 32.3. The molecule has 0 bridgehead atoms. The van der Waals surface area contributed by atoms with Crippen molar-refractivity contribution >= 4 is 46.9 Å². The molecule has 2 nitrogen and oxygen atoms in total. The lowest BCUT2D eigenvalue weighted by Gasteiger charge is -2.21. The summed E-state index contributed by atoms with van der Waals surface area (Å²) in [6, 6.07) is 5.02. The van der Waals surface area contributed by atoms with E-state index in [9.17, 15) is 18.0 Å². The molecule has 0 saturated carbocycles. The highest BCUT2D eigenvalue weighted by molar-refractivity contribution is 8.33. The van der Waals surface area contributed by atoms with Crippen molar-refractivity contribution in [2.45, 2.75) is 10.8 Å². The van der Waals surface area contributed by atoms with Crippen LogP contribution in [0.5, 0.6) is 0 Å². The number of carbonyl (C=O) groups excluding carboxylic acids is 1. The van der Waals surface area contributed by atoms with E-state index in [-0.39, 0.29) is 16.2 Å². The molecule has 0 atom stereocenters. The second kappa shape index (κ2) is 6.32. The van der Waals surface area contributed by atoms with Gasteiger partial charge in [-0.25, -0.2) is 0 Å². The molecule has 19 heavy (non-hydrogen) atoms. The number of nitrogens with one attached hydrogen (secondary N) is 1. The molecule has 2 rings (SSSR count). The Morgan fingerprint density at radius 3 is 2.47 bits per heavy atom. The van der Waals surface area contributed by atoms with Crippen LogP contribution in [-0.2, 0) is 11.0 Å². The lowest BCUT2D eigenvalue weighted by atomic mass is 10.1. The standard InChI is InChI=1S/C11H10F3NOS3/c12-11(13,14)7-3-1-2-4-8(7)15-9(16)10-18-5-17-6-19-10/h1-4,10H,5-6H2,(H,15,16). The molecule has 1 amide bonds. The Balaban J connectivity index is 2.12. The van der Waals surface area contributed by atoms with Gasteiger partial charge in [0.1, 0.15) is 4.58 Å². The Morgan fingerprint density at radius 1 is 1.21 bits per heavy atom. The molecule has 0 unspecified atom stereocenters. The molecule has 0 aliphatic carbocycles. The summed E-state index contributed by atoms with van der Waals surface area (Å²) in [6.07, 6.45) is -4.47. The highest BCUT2D eigenvalue weighted by Gasteiger charge is 2.34. The SMILES string of the molecule is O=C(Nc1ccccc1C(F)(F)F)C1SCSCS1. The molecule has 0 aromatic heterocycles. The van der Waals surface area contributed by atoms with Crippen LogP contribution >= 0.6 is 35.3 Å². The van der Waals surface area contributed by atoms with Crippen molar-refractivity contribution < 1.29 is 18.0 Å². The molecule has 1 aliphatic rings. The van der Waals surface area contributed by atoms with Gasteiger partial charge in [-0.2, -0.15) is 13.2 Å². The third kappa shape index (κ3) is 4.00. The molecular formula is C11H10F3NOS3. The minimum Gasteiger partial charge on any atom is -0.324 e. The van der Waals surface area contributed by atoms with Gasteiger partial charge in [-0.05, 0) is 12.1 Å². The zero-order valence-corrected chi connectivity index (χ0v) is 12.0. The van der Waals surface area contributed by atoms with Gasteiger partial charge in [-0.3, -0.25) is 4.79 Å². The number of para-hydroxylation sites is 1. The predicted octanol–water partition coefficient (Wildman–Crippen LogP) is 4.10. The van der Waals surface area contributed by atoms with E-state index >= 15 is 0 Å². The van der Waals surface area contributed by atoms with Crippen LogP contribution in [0.4, 0.5) is 18.9 Å². The number of carbonyl (C=O) groups is 1. The van der Waals surface area contributed by atoms with Crippen molar-refractivity contribution in [2.24, 2.45) is 0 Å². The lowest BCUT2D eigenvalue weighted by Crippen LogP contribution is -2.25. The number of rotatable bonds is 2. The normalized spacial score (nSPS) is 17.2. The molecule has 1 N–H and O–H groups in total. The summed E-state index contributed by atoms with van der Waals surface area (Å²) >= 11 is 4.57. The van der Waals surface area contributed by atoms with E-state index in [0.29, 0.717) is 0 Å². The molecule has 0 spiro atoms. The first kappa shape index (κ1) is 14.9. The Kier molecular flexibility index (Phi) is 4.97. The molecule has 104 valence electrons. The van der Waals surface area contributed by atoms with Gasteiger partial charge in [0.2, 0.25) is 5.91 Å². The fourth-order valence-electron chi connectivity index (χ4n) is 1.48. The zero-order valence-electron chi connectivity index (χ0n) is 9.57. The van der Waals surface area contributed by atoms with Gasteiger partial charge in [-0.1, -0.05) is 12.1 Å². The van der Waals surface area contributed by atoms with Crippen molar-refractivity contribution in [3.63, 3.8) is 0 Å². The van der Waals surface area contributed by atoms with Crippen LogP contribution in [0, 0.1) is 0 Å². The van der Waals surface area contributed by atoms with Gasteiger partial charge >= 0.3 is 6.18 Å². The molecule has 1 fully saturated rings. The van der Waals surface area contributed by atoms with Crippen LogP contribution in [0.3, 0.4) is 0 Å². The van der Waals surface area contributed by atoms with E-state index < -0.39 is 11.7 Å². The average molecular weight is 325 g/mol. The van der Waals surface area contributed by atoms with Crippen LogP contribution in [0.2, 0.25) is 0 Å². The monoisotopic (exact) mass is 325 g/mol. The van der Waals surface area contributed by atoms with E-state index in [2.05, 4.69) is 5.32 Å². The number of hydrogen-bond acceptors (Lipinski definition) is 4. The predicted molar refractivity (Wildman–Crippen MR) is 76.4 cm³/mol. The fourth-order valence-corrected chi connectivity index (χ4v) is 5.93. The minimum absolute atomic E-state index is 0.181. The first-order valence-corrected chi connectivity index (χ1v) is 8.52. The average Bonchev–Trinajstić information content (AvgIpc) is 2.39. The van der Waals surface area contributed by atoms with Gasteiger partial charge in [0.05, 0.1) is 11.3 Å². The number of anilines is 1. The topological polar surface area (TPSA) is 29.1 Å². The van der Waals surface area contributed by atoms with E-state index in [4.69, 9.17) is 0 Å². The van der Waals surface area contributed by atoms with Crippen molar-refractivity contribution in [1.82, 2.24) is 0 Å². The largest absolute Gasteiger partial charge is 0.418 e. The summed E-state index contributed by atoms with van der Waals surface area (Å²) in [5.41, 5.74) is -0.997. The van der Waals surface area contributed by atoms with Crippen LogP contribution in [0.25, 0.3) is 0 Å². The van der Waals surface area contributed by atoms with E-state index in [1.165, 1.54) is 41.7 Å². The summed E-state index contributed by atoms with van der Waals surface area (Å²) in [4.78, 5) is 11.9. The molecule has 8 heteroatoms. The summed E-state index contributed by atoms with van der Waals surface area (Å²) < 4.78 is 38.0. The van der Waals surface area contributed by atoms with Crippen LogP contribution in [0.1, 0.15) is 5.56 Å². The Hall–Kier alpha value is -0.470. The van der Waals surface area contributed by atoms with Crippen LogP contribution in [0.15, 0.2) is 24.3 Å². The van der Waals surface area contributed by atoms with Crippen LogP contribution in [-0.4, -0.2) is 20.7 Å². The molecule has 1 aliphatic heterocycles. The number of alkyl halides is 3. The quantitative estimate of drug-likeness (QED) is 0.886. The van der Waals surface area contributed by atoms with Gasteiger partial charge < -0.3 is 5.32 Å². The molecule has 1 heterocycles. The smallest absolute Gasteiger partial charge is 0.324 e. The molecular weight excluding hydrogens is 315 g/mol. The first-order chi connectivity index (χ1) is 8.98. The van der Waals surface area contributed by atoms with E-state index in [1.807, 2.05) is 0 Å². The van der Waals surface area contributed by atoms with E-state index in [0.717, 1.165) is 16.2 Å². The maximum Gasteiger partial charge on any atom is 0.418 e. The lowest BCUT2D eigenvalue weighted by molar-refractivity contribution is -0.137. The molecule has 1 aromatic carbocycles. The van der Waals surface area contributed by atoms with Crippen molar-refractivity contribution in [3.05, 3.63) is 29.8 Å². The third-order valence-corrected chi connectivity index (χ3v) is 6.58. The van der Waals surface area contributed by atoms with Crippen LogP contribution < -0.4 is 5.32 Å². The Bertz CT molecular complexity index is 461. The number of amides is 1. The first-order valence-electron chi connectivity index (χ1n) is 5.26.